The van der Waals surface area contributed by atoms with Crippen molar-refractivity contribution in [2.24, 2.45) is 0 Å². The van der Waals surface area contributed by atoms with Gasteiger partial charge in [0.05, 0.1) is 11.6 Å². The molecule has 0 atom stereocenters. The van der Waals surface area contributed by atoms with Crippen LogP contribution in [0.1, 0.15) is 18.1 Å². The molecular formula is C19H18ClFN2O2S. The predicted octanol–water partition coefficient (Wildman–Crippen LogP) is 5.53. The molecule has 0 fully saturated rings. The standard InChI is InChI=1S/C19H18ClFN2O2S/c1-2-24-17-10-13(11-23-19-22-7-8-26-19)9-15(20)18(17)25-12-14-5-3-4-6-16(14)21/h3-10H,2,11-12H2,1H3,(H,22,23). The lowest BCUT2D eigenvalue weighted by Crippen LogP contribution is -2.04. The minimum absolute atomic E-state index is 0.0726. The molecular weight excluding hydrogens is 375 g/mol. The number of hydrogen-bond acceptors (Lipinski definition) is 5. The van der Waals surface area contributed by atoms with Crippen molar-refractivity contribution in [3.63, 3.8) is 0 Å². The van der Waals surface area contributed by atoms with Gasteiger partial charge in [-0.1, -0.05) is 29.8 Å². The maximum atomic E-state index is 13.8. The van der Waals surface area contributed by atoms with E-state index in [-0.39, 0.29) is 12.4 Å². The van der Waals surface area contributed by atoms with Crippen LogP contribution in [-0.2, 0) is 13.2 Å². The number of benzene rings is 2. The Balaban J connectivity index is 1.76. The summed E-state index contributed by atoms with van der Waals surface area (Å²) < 4.78 is 25.2. The molecule has 0 aliphatic heterocycles. The molecule has 4 nitrogen and oxygen atoms in total. The molecule has 1 aromatic heterocycles. The molecule has 0 bridgehead atoms. The molecule has 0 aliphatic carbocycles. The van der Waals surface area contributed by atoms with Gasteiger partial charge < -0.3 is 14.8 Å². The highest BCUT2D eigenvalue weighted by Crippen LogP contribution is 2.37. The predicted molar refractivity (Wildman–Crippen MR) is 103 cm³/mol. The number of halogens is 2. The summed E-state index contributed by atoms with van der Waals surface area (Å²) in [6.45, 7) is 2.98. The summed E-state index contributed by atoms with van der Waals surface area (Å²) in [7, 11) is 0. The number of anilines is 1. The van der Waals surface area contributed by atoms with Crippen LogP contribution in [0.4, 0.5) is 9.52 Å². The van der Waals surface area contributed by atoms with E-state index in [9.17, 15) is 4.39 Å². The Morgan fingerprint density at radius 3 is 2.81 bits per heavy atom. The van der Waals surface area contributed by atoms with Crippen LogP contribution >= 0.6 is 22.9 Å². The van der Waals surface area contributed by atoms with Gasteiger partial charge in [0, 0.05) is 23.7 Å². The average Bonchev–Trinajstić information content (AvgIpc) is 3.14. The van der Waals surface area contributed by atoms with Crippen LogP contribution in [0.15, 0.2) is 48.0 Å². The molecule has 0 spiro atoms. The van der Waals surface area contributed by atoms with Gasteiger partial charge in [0.15, 0.2) is 16.6 Å². The number of nitrogens with one attached hydrogen (secondary N) is 1. The number of aromatic nitrogens is 1. The molecule has 0 radical (unpaired) electrons. The zero-order chi connectivity index (χ0) is 18.4. The van der Waals surface area contributed by atoms with Crippen molar-refractivity contribution in [2.75, 3.05) is 11.9 Å². The molecule has 26 heavy (non-hydrogen) atoms. The first kappa shape index (κ1) is 18.5. The quantitative estimate of drug-likeness (QED) is 0.547. The molecule has 7 heteroatoms. The topological polar surface area (TPSA) is 43.4 Å². The Labute approximate surface area is 160 Å². The van der Waals surface area contributed by atoms with Crippen molar-refractivity contribution in [2.45, 2.75) is 20.1 Å². The van der Waals surface area contributed by atoms with Crippen LogP contribution in [0.2, 0.25) is 5.02 Å². The number of ether oxygens (including phenoxy) is 2. The van der Waals surface area contributed by atoms with Gasteiger partial charge in [-0.05, 0) is 30.7 Å². The van der Waals surface area contributed by atoms with Crippen LogP contribution in [0.25, 0.3) is 0 Å². The number of nitrogens with zero attached hydrogens (tertiary/aromatic N) is 1. The molecule has 3 rings (SSSR count). The van der Waals surface area contributed by atoms with Gasteiger partial charge in [0.25, 0.3) is 0 Å². The molecule has 2 aromatic carbocycles. The highest BCUT2D eigenvalue weighted by Gasteiger charge is 2.14. The molecule has 0 saturated heterocycles. The minimum atomic E-state index is -0.314. The number of hydrogen-bond donors (Lipinski definition) is 1. The summed E-state index contributed by atoms with van der Waals surface area (Å²) >= 11 is 7.92. The second kappa shape index (κ2) is 8.87. The molecule has 1 N–H and O–H groups in total. The van der Waals surface area contributed by atoms with Crippen molar-refractivity contribution in [3.05, 3.63) is 69.9 Å². The smallest absolute Gasteiger partial charge is 0.182 e. The molecule has 0 saturated carbocycles. The van der Waals surface area contributed by atoms with E-state index in [2.05, 4.69) is 10.3 Å². The first-order valence-electron chi connectivity index (χ1n) is 8.12. The first-order chi connectivity index (χ1) is 12.7. The molecule has 3 aromatic rings. The lowest BCUT2D eigenvalue weighted by atomic mass is 10.2. The molecule has 1 heterocycles. The molecule has 136 valence electrons. The van der Waals surface area contributed by atoms with E-state index >= 15 is 0 Å². The highest BCUT2D eigenvalue weighted by molar-refractivity contribution is 7.13. The maximum Gasteiger partial charge on any atom is 0.182 e. The Bertz CT molecular complexity index is 859. The zero-order valence-corrected chi connectivity index (χ0v) is 15.7. The molecule has 0 aliphatic rings. The Kier molecular flexibility index (Phi) is 6.30. The lowest BCUT2D eigenvalue weighted by Gasteiger charge is -2.16. The summed E-state index contributed by atoms with van der Waals surface area (Å²) in [6, 6.07) is 10.2. The first-order valence-corrected chi connectivity index (χ1v) is 9.38. The van der Waals surface area contributed by atoms with Gasteiger partial charge in [-0.2, -0.15) is 0 Å². The summed E-state index contributed by atoms with van der Waals surface area (Å²) in [6.07, 6.45) is 1.74. The van der Waals surface area contributed by atoms with Crippen LogP contribution in [0.5, 0.6) is 11.5 Å². The average molecular weight is 393 g/mol. The van der Waals surface area contributed by atoms with Gasteiger partial charge in [0.2, 0.25) is 0 Å². The third-order valence-corrected chi connectivity index (χ3v) is 4.59. The van der Waals surface area contributed by atoms with E-state index < -0.39 is 0 Å². The van der Waals surface area contributed by atoms with Gasteiger partial charge in [-0.25, -0.2) is 9.37 Å². The second-order valence-corrected chi connectivity index (χ2v) is 6.71. The van der Waals surface area contributed by atoms with Crippen molar-refractivity contribution in [3.8, 4) is 11.5 Å². The zero-order valence-electron chi connectivity index (χ0n) is 14.2. The van der Waals surface area contributed by atoms with E-state index in [4.69, 9.17) is 21.1 Å². The maximum absolute atomic E-state index is 13.8. The van der Waals surface area contributed by atoms with Crippen molar-refractivity contribution < 1.29 is 13.9 Å². The summed E-state index contributed by atoms with van der Waals surface area (Å²) in [5, 5.41) is 6.38. The number of rotatable bonds is 8. The Hall–Kier alpha value is -2.31. The third-order valence-electron chi connectivity index (χ3n) is 3.58. The van der Waals surface area contributed by atoms with Gasteiger partial charge in [0.1, 0.15) is 12.4 Å². The SMILES string of the molecule is CCOc1cc(CNc2nccs2)cc(Cl)c1OCc1ccccc1F. The van der Waals surface area contributed by atoms with Crippen molar-refractivity contribution in [1.29, 1.82) is 0 Å². The fraction of sp³-hybridized carbons (Fsp3) is 0.211. The van der Waals surface area contributed by atoms with Gasteiger partial charge in [-0.3, -0.25) is 0 Å². The van der Waals surface area contributed by atoms with Crippen LogP contribution in [0.3, 0.4) is 0 Å². The second-order valence-electron chi connectivity index (χ2n) is 5.41. The van der Waals surface area contributed by atoms with Crippen molar-refractivity contribution >= 4 is 28.1 Å². The van der Waals surface area contributed by atoms with Crippen molar-refractivity contribution in [1.82, 2.24) is 4.98 Å². The van der Waals surface area contributed by atoms with E-state index in [0.717, 1.165) is 10.7 Å². The fourth-order valence-corrected chi connectivity index (χ4v) is 3.20. The van der Waals surface area contributed by atoms with E-state index in [1.54, 1.807) is 30.5 Å². The third kappa shape index (κ3) is 4.65. The van der Waals surface area contributed by atoms with Gasteiger partial charge in [-0.15, -0.1) is 11.3 Å². The summed E-state index contributed by atoms with van der Waals surface area (Å²) in [5.41, 5.74) is 1.40. The van der Waals surface area contributed by atoms with Crippen LogP contribution < -0.4 is 14.8 Å². The highest BCUT2D eigenvalue weighted by atomic mass is 35.5. The normalized spacial score (nSPS) is 10.6. The largest absolute Gasteiger partial charge is 0.490 e. The molecule has 0 amide bonds. The van der Waals surface area contributed by atoms with E-state index in [1.165, 1.54) is 17.4 Å². The van der Waals surface area contributed by atoms with E-state index in [0.29, 0.717) is 35.2 Å². The lowest BCUT2D eigenvalue weighted by molar-refractivity contribution is 0.266. The van der Waals surface area contributed by atoms with Gasteiger partial charge >= 0.3 is 0 Å². The molecule has 0 unspecified atom stereocenters. The number of thiazole rings is 1. The van der Waals surface area contributed by atoms with Crippen LogP contribution in [-0.4, -0.2) is 11.6 Å². The summed E-state index contributed by atoms with van der Waals surface area (Å²) in [4.78, 5) is 4.18. The Morgan fingerprint density at radius 2 is 2.08 bits per heavy atom. The van der Waals surface area contributed by atoms with Crippen LogP contribution in [0, 0.1) is 5.82 Å². The van der Waals surface area contributed by atoms with E-state index in [1.807, 2.05) is 18.4 Å². The Morgan fingerprint density at radius 1 is 1.23 bits per heavy atom. The monoisotopic (exact) mass is 392 g/mol. The minimum Gasteiger partial charge on any atom is -0.490 e. The fourth-order valence-electron chi connectivity index (χ4n) is 2.38. The summed E-state index contributed by atoms with van der Waals surface area (Å²) in [5.74, 6) is 0.632.